The zero-order chi connectivity index (χ0) is 17.6. The van der Waals surface area contributed by atoms with Gasteiger partial charge in [0, 0.05) is 5.56 Å². The molecule has 1 heterocycles. The Morgan fingerprint density at radius 3 is 2.68 bits per heavy atom. The van der Waals surface area contributed by atoms with Gasteiger partial charge in [0.1, 0.15) is 11.6 Å². The summed E-state index contributed by atoms with van der Waals surface area (Å²) in [5.41, 5.74) is 1.86. The van der Waals surface area contributed by atoms with Crippen LogP contribution >= 0.6 is 0 Å². The summed E-state index contributed by atoms with van der Waals surface area (Å²) in [5.74, 6) is 0.0221. The van der Waals surface area contributed by atoms with E-state index >= 15 is 0 Å². The van der Waals surface area contributed by atoms with E-state index in [0.717, 1.165) is 11.1 Å². The van der Waals surface area contributed by atoms with Gasteiger partial charge in [-0.3, -0.25) is 0 Å². The Kier molecular flexibility index (Phi) is 5.03. The molecule has 0 radical (unpaired) electrons. The lowest BCUT2D eigenvalue weighted by Gasteiger charge is -2.05. The Morgan fingerprint density at radius 2 is 1.92 bits per heavy atom. The molecule has 6 nitrogen and oxygen atoms in total. The van der Waals surface area contributed by atoms with E-state index in [0.29, 0.717) is 11.6 Å². The van der Waals surface area contributed by atoms with Gasteiger partial charge in [0.2, 0.25) is 5.82 Å². The number of carbonyl (C=O) groups is 1. The van der Waals surface area contributed by atoms with Crippen LogP contribution in [-0.2, 0) is 16.1 Å². The molecule has 0 aliphatic rings. The highest BCUT2D eigenvalue weighted by Crippen LogP contribution is 2.20. The average molecular weight is 342 g/mol. The van der Waals surface area contributed by atoms with Crippen LogP contribution in [0.4, 0.5) is 4.39 Å². The van der Waals surface area contributed by atoms with Crippen molar-refractivity contribution in [1.29, 1.82) is 0 Å². The number of aromatic nitrogens is 2. The first-order valence-electron chi connectivity index (χ1n) is 7.54. The number of benzene rings is 2. The van der Waals surface area contributed by atoms with Crippen LogP contribution in [0.3, 0.4) is 0 Å². The summed E-state index contributed by atoms with van der Waals surface area (Å²) in [4.78, 5) is 15.9. The lowest BCUT2D eigenvalue weighted by atomic mass is 10.1. The zero-order valence-electron chi connectivity index (χ0n) is 13.4. The first-order valence-corrected chi connectivity index (χ1v) is 7.54. The smallest absolute Gasteiger partial charge is 0.344 e. The second-order valence-corrected chi connectivity index (χ2v) is 5.23. The normalized spacial score (nSPS) is 10.5. The van der Waals surface area contributed by atoms with E-state index in [1.807, 2.05) is 31.2 Å². The van der Waals surface area contributed by atoms with Crippen molar-refractivity contribution in [3.8, 4) is 17.1 Å². The Bertz CT molecular complexity index is 862. The standard InChI is InChI=1S/C18H15FN2O4/c1-12-4-2-3-5-15(12)18-20-16(25-21-18)10-24-17(22)11-23-14-8-6-13(19)7-9-14/h2-9H,10-11H2,1H3. The average Bonchev–Trinajstić information content (AvgIpc) is 3.08. The molecule has 0 N–H and O–H groups in total. The van der Waals surface area contributed by atoms with E-state index < -0.39 is 5.97 Å². The van der Waals surface area contributed by atoms with Crippen LogP contribution in [0, 0.1) is 12.7 Å². The van der Waals surface area contributed by atoms with Gasteiger partial charge in [-0.15, -0.1) is 0 Å². The molecule has 0 spiro atoms. The number of rotatable bonds is 6. The largest absolute Gasteiger partial charge is 0.482 e. The van der Waals surface area contributed by atoms with Gasteiger partial charge in [-0.05, 0) is 36.8 Å². The van der Waals surface area contributed by atoms with Gasteiger partial charge < -0.3 is 14.0 Å². The van der Waals surface area contributed by atoms with E-state index in [1.165, 1.54) is 24.3 Å². The third-order valence-corrected chi connectivity index (χ3v) is 3.38. The summed E-state index contributed by atoms with van der Waals surface area (Å²) in [6.45, 7) is 1.49. The quantitative estimate of drug-likeness (QED) is 0.640. The summed E-state index contributed by atoms with van der Waals surface area (Å²) < 4.78 is 28.1. The second kappa shape index (κ2) is 7.57. The summed E-state index contributed by atoms with van der Waals surface area (Å²) >= 11 is 0. The lowest BCUT2D eigenvalue weighted by molar-refractivity contribution is -0.148. The van der Waals surface area contributed by atoms with Crippen molar-refractivity contribution in [1.82, 2.24) is 10.1 Å². The minimum absolute atomic E-state index is 0.148. The molecule has 0 fully saturated rings. The van der Waals surface area contributed by atoms with Gasteiger partial charge in [0.25, 0.3) is 5.89 Å². The number of hydrogen-bond acceptors (Lipinski definition) is 6. The van der Waals surface area contributed by atoms with E-state index in [4.69, 9.17) is 14.0 Å². The van der Waals surface area contributed by atoms with Gasteiger partial charge >= 0.3 is 5.97 Å². The van der Waals surface area contributed by atoms with E-state index in [2.05, 4.69) is 10.1 Å². The molecule has 0 amide bonds. The number of hydrogen-bond donors (Lipinski definition) is 0. The number of halogens is 1. The molecule has 1 aromatic heterocycles. The van der Waals surface area contributed by atoms with Gasteiger partial charge in [-0.1, -0.05) is 29.4 Å². The van der Waals surface area contributed by atoms with Crippen LogP contribution in [0.15, 0.2) is 53.1 Å². The van der Waals surface area contributed by atoms with Crippen molar-refractivity contribution in [3.05, 3.63) is 65.8 Å². The fraction of sp³-hybridized carbons (Fsp3) is 0.167. The first-order chi connectivity index (χ1) is 12.1. The van der Waals surface area contributed by atoms with E-state index in [1.54, 1.807) is 0 Å². The maximum atomic E-state index is 12.8. The van der Waals surface area contributed by atoms with Crippen LogP contribution in [0.2, 0.25) is 0 Å². The van der Waals surface area contributed by atoms with Crippen LogP contribution in [0.25, 0.3) is 11.4 Å². The van der Waals surface area contributed by atoms with Crippen molar-refractivity contribution < 1.29 is 23.2 Å². The third kappa shape index (κ3) is 4.41. The van der Waals surface area contributed by atoms with Gasteiger partial charge in [0.15, 0.2) is 13.2 Å². The molecular formula is C18H15FN2O4. The molecular weight excluding hydrogens is 327 g/mol. The molecule has 0 unspecified atom stereocenters. The number of aryl methyl sites for hydroxylation is 1. The summed E-state index contributed by atoms with van der Waals surface area (Å²) in [6, 6.07) is 13.0. The fourth-order valence-electron chi connectivity index (χ4n) is 2.10. The number of ether oxygens (including phenoxy) is 2. The van der Waals surface area contributed by atoms with E-state index in [-0.39, 0.29) is 24.9 Å². The second-order valence-electron chi connectivity index (χ2n) is 5.23. The molecule has 3 aromatic rings. The van der Waals surface area contributed by atoms with Crippen LogP contribution < -0.4 is 4.74 Å². The van der Waals surface area contributed by atoms with Gasteiger partial charge in [-0.25, -0.2) is 9.18 Å². The fourth-order valence-corrected chi connectivity index (χ4v) is 2.10. The maximum absolute atomic E-state index is 12.8. The Balaban J connectivity index is 1.51. The van der Waals surface area contributed by atoms with E-state index in [9.17, 15) is 9.18 Å². The first kappa shape index (κ1) is 16.6. The minimum atomic E-state index is -0.597. The lowest BCUT2D eigenvalue weighted by Crippen LogP contribution is -2.14. The van der Waals surface area contributed by atoms with Crippen molar-refractivity contribution >= 4 is 5.97 Å². The number of carbonyl (C=O) groups excluding carboxylic acids is 1. The molecule has 7 heteroatoms. The van der Waals surface area contributed by atoms with Crippen LogP contribution in [-0.4, -0.2) is 22.7 Å². The molecule has 0 saturated carbocycles. The topological polar surface area (TPSA) is 74.5 Å². The number of nitrogens with zero attached hydrogens (tertiary/aromatic N) is 2. The minimum Gasteiger partial charge on any atom is -0.482 e. The molecule has 0 saturated heterocycles. The SMILES string of the molecule is Cc1ccccc1-c1noc(COC(=O)COc2ccc(F)cc2)n1. The van der Waals surface area contributed by atoms with Gasteiger partial charge in [0.05, 0.1) is 0 Å². The molecule has 3 rings (SSSR count). The number of esters is 1. The third-order valence-electron chi connectivity index (χ3n) is 3.38. The van der Waals surface area contributed by atoms with Gasteiger partial charge in [-0.2, -0.15) is 4.98 Å². The summed E-state index contributed by atoms with van der Waals surface area (Å²) in [5, 5.41) is 3.88. The predicted octanol–water partition coefficient (Wildman–Crippen LogP) is 3.31. The van der Waals surface area contributed by atoms with Crippen molar-refractivity contribution in [3.63, 3.8) is 0 Å². The summed E-state index contributed by atoms with van der Waals surface area (Å²) in [7, 11) is 0. The van der Waals surface area contributed by atoms with Crippen molar-refractivity contribution in [2.24, 2.45) is 0 Å². The predicted molar refractivity (Wildman–Crippen MR) is 86.2 cm³/mol. The maximum Gasteiger partial charge on any atom is 0.344 e. The van der Waals surface area contributed by atoms with Crippen molar-refractivity contribution in [2.45, 2.75) is 13.5 Å². The zero-order valence-corrected chi connectivity index (χ0v) is 13.4. The molecule has 128 valence electrons. The van der Waals surface area contributed by atoms with Crippen LogP contribution in [0.1, 0.15) is 11.5 Å². The molecule has 25 heavy (non-hydrogen) atoms. The Labute approximate surface area is 143 Å². The Morgan fingerprint density at radius 1 is 1.16 bits per heavy atom. The molecule has 0 aliphatic carbocycles. The highest BCUT2D eigenvalue weighted by Gasteiger charge is 2.12. The van der Waals surface area contributed by atoms with Crippen LogP contribution in [0.5, 0.6) is 5.75 Å². The molecule has 0 aliphatic heterocycles. The molecule has 0 bridgehead atoms. The highest BCUT2D eigenvalue weighted by molar-refractivity contribution is 5.71. The molecule has 2 aromatic carbocycles. The monoisotopic (exact) mass is 342 g/mol. The highest BCUT2D eigenvalue weighted by atomic mass is 19.1. The summed E-state index contributed by atoms with van der Waals surface area (Å²) in [6.07, 6.45) is 0. The Hall–Kier alpha value is -3.22. The van der Waals surface area contributed by atoms with Crippen molar-refractivity contribution in [2.75, 3.05) is 6.61 Å². The molecule has 0 atom stereocenters.